The Morgan fingerprint density at radius 1 is 1.33 bits per heavy atom. The summed E-state index contributed by atoms with van der Waals surface area (Å²) in [6, 6.07) is 4.81. The predicted octanol–water partition coefficient (Wildman–Crippen LogP) is 1.77. The number of carboxylic acids is 1. The minimum atomic E-state index is -0.994. The molecule has 1 aliphatic carbocycles. The third-order valence-corrected chi connectivity index (χ3v) is 3.37. The van der Waals surface area contributed by atoms with E-state index in [1.165, 1.54) is 11.1 Å². The number of aryl methyl sites for hydroxylation is 2. The summed E-state index contributed by atoms with van der Waals surface area (Å²) < 4.78 is 0. The lowest BCUT2D eigenvalue weighted by molar-refractivity contribution is -0.139. The molecule has 0 aromatic heterocycles. The van der Waals surface area contributed by atoms with Gasteiger partial charge in [-0.3, -0.25) is 4.79 Å². The van der Waals surface area contributed by atoms with Crippen LogP contribution in [0, 0.1) is 0 Å². The molecule has 18 heavy (non-hydrogen) atoms. The third kappa shape index (κ3) is 2.53. The highest BCUT2D eigenvalue weighted by molar-refractivity contribution is 5.96. The number of amides is 1. The van der Waals surface area contributed by atoms with Crippen LogP contribution in [0.1, 0.15) is 41.3 Å². The van der Waals surface area contributed by atoms with Crippen molar-refractivity contribution in [1.82, 2.24) is 5.32 Å². The van der Waals surface area contributed by atoms with Crippen LogP contribution in [0.3, 0.4) is 0 Å². The Hall–Kier alpha value is -1.84. The number of rotatable bonds is 4. The van der Waals surface area contributed by atoms with Crippen LogP contribution in [0.5, 0.6) is 0 Å². The molecule has 1 atom stereocenters. The van der Waals surface area contributed by atoms with Crippen LogP contribution in [-0.2, 0) is 17.6 Å². The molecule has 0 fully saturated rings. The third-order valence-electron chi connectivity index (χ3n) is 3.37. The Bertz CT molecular complexity index is 482. The molecule has 0 aliphatic heterocycles. The summed E-state index contributed by atoms with van der Waals surface area (Å²) in [5.74, 6) is -1.30. The van der Waals surface area contributed by atoms with Crippen molar-refractivity contribution < 1.29 is 14.7 Å². The Morgan fingerprint density at radius 2 is 2.06 bits per heavy atom. The minimum Gasteiger partial charge on any atom is -0.480 e. The monoisotopic (exact) mass is 247 g/mol. The van der Waals surface area contributed by atoms with Gasteiger partial charge in [-0.1, -0.05) is 13.0 Å². The molecule has 96 valence electrons. The molecule has 4 nitrogen and oxygen atoms in total. The van der Waals surface area contributed by atoms with E-state index in [1.807, 2.05) is 12.1 Å². The number of nitrogens with one attached hydrogen (secondary N) is 1. The van der Waals surface area contributed by atoms with Crippen LogP contribution in [0.2, 0.25) is 0 Å². The van der Waals surface area contributed by atoms with E-state index in [0.29, 0.717) is 12.0 Å². The smallest absolute Gasteiger partial charge is 0.326 e. The van der Waals surface area contributed by atoms with Crippen LogP contribution in [0.15, 0.2) is 18.2 Å². The van der Waals surface area contributed by atoms with E-state index < -0.39 is 12.0 Å². The first kappa shape index (κ1) is 12.6. The molecule has 2 N–H and O–H groups in total. The summed E-state index contributed by atoms with van der Waals surface area (Å²) in [7, 11) is 0. The molecule has 0 radical (unpaired) electrons. The number of carbonyl (C=O) groups excluding carboxylic acids is 1. The molecule has 2 rings (SSSR count). The summed E-state index contributed by atoms with van der Waals surface area (Å²) in [6.45, 7) is 1.74. The van der Waals surface area contributed by atoms with Crippen LogP contribution >= 0.6 is 0 Å². The van der Waals surface area contributed by atoms with Crippen molar-refractivity contribution in [1.29, 1.82) is 0 Å². The Labute approximate surface area is 106 Å². The molecular weight excluding hydrogens is 230 g/mol. The van der Waals surface area contributed by atoms with Crippen molar-refractivity contribution in [3.8, 4) is 0 Å². The van der Waals surface area contributed by atoms with Gasteiger partial charge in [0.25, 0.3) is 5.91 Å². The van der Waals surface area contributed by atoms with E-state index in [4.69, 9.17) is 5.11 Å². The standard InChI is InChI=1S/C14H17NO3/c1-2-12(14(17)18)15-13(16)11-7-6-9-4-3-5-10(9)8-11/h6-8,12H,2-5H2,1H3,(H,15,16)(H,17,18)/t12-/m1/s1. The fourth-order valence-electron chi connectivity index (χ4n) is 2.29. The quantitative estimate of drug-likeness (QED) is 0.852. The van der Waals surface area contributed by atoms with Gasteiger partial charge in [0, 0.05) is 5.56 Å². The zero-order chi connectivity index (χ0) is 13.1. The average molecular weight is 247 g/mol. The van der Waals surface area contributed by atoms with E-state index in [2.05, 4.69) is 5.32 Å². The van der Waals surface area contributed by atoms with Crippen molar-refractivity contribution in [2.45, 2.75) is 38.6 Å². The van der Waals surface area contributed by atoms with Gasteiger partial charge in [-0.2, -0.15) is 0 Å². The number of aliphatic carboxylic acids is 1. The molecule has 0 bridgehead atoms. The van der Waals surface area contributed by atoms with Crippen LogP contribution in [-0.4, -0.2) is 23.0 Å². The van der Waals surface area contributed by atoms with Gasteiger partial charge in [0.1, 0.15) is 6.04 Å². The number of hydrogen-bond acceptors (Lipinski definition) is 2. The van der Waals surface area contributed by atoms with Crippen molar-refractivity contribution in [2.24, 2.45) is 0 Å². The highest BCUT2D eigenvalue weighted by atomic mass is 16.4. The van der Waals surface area contributed by atoms with Gasteiger partial charge >= 0.3 is 5.97 Å². The number of fused-ring (bicyclic) bond motifs is 1. The highest BCUT2D eigenvalue weighted by Gasteiger charge is 2.19. The van der Waals surface area contributed by atoms with Gasteiger partial charge in [0.05, 0.1) is 0 Å². The van der Waals surface area contributed by atoms with E-state index >= 15 is 0 Å². The number of benzene rings is 1. The van der Waals surface area contributed by atoms with Crippen LogP contribution in [0.25, 0.3) is 0 Å². The van der Waals surface area contributed by atoms with Gasteiger partial charge in [-0.25, -0.2) is 4.79 Å². The molecule has 1 aromatic rings. The normalized spacial score (nSPS) is 14.9. The molecule has 1 aromatic carbocycles. The zero-order valence-corrected chi connectivity index (χ0v) is 10.4. The number of hydrogen-bond donors (Lipinski definition) is 2. The first-order valence-corrected chi connectivity index (χ1v) is 6.27. The molecule has 1 amide bonds. The van der Waals surface area contributed by atoms with Gasteiger partial charge in [-0.15, -0.1) is 0 Å². The molecule has 0 spiro atoms. The van der Waals surface area contributed by atoms with Crippen LogP contribution in [0.4, 0.5) is 0 Å². The molecule has 0 unspecified atom stereocenters. The fraction of sp³-hybridized carbons (Fsp3) is 0.429. The predicted molar refractivity (Wildman–Crippen MR) is 67.6 cm³/mol. The lowest BCUT2D eigenvalue weighted by Crippen LogP contribution is -2.40. The minimum absolute atomic E-state index is 0.307. The second-order valence-corrected chi connectivity index (χ2v) is 4.61. The van der Waals surface area contributed by atoms with Crippen molar-refractivity contribution in [3.05, 3.63) is 34.9 Å². The number of carbonyl (C=O) groups is 2. The Kier molecular flexibility index (Phi) is 3.65. The van der Waals surface area contributed by atoms with Gasteiger partial charge in [-0.05, 0) is 48.9 Å². The summed E-state index contributed by atoms with van der Waals surface area (Å²) in [5.41, 5.74) is 3.07. The Balaban J connectivity index is 2.12. The highest BCUT2D eigenvalue weighted by Crippen LogP contribution is 2.22. The van der Waals surface area contributed by atoms with E-state index in [9.17, 15) is 9.59 Å². The average Bonchev–Trinajstić information content (AvgIpc) is 2.82. The lowest BCUT2D eigenvalue weighted by Gasteiger charge is -2.12. The maximum Gasteiger partial charge on any atom is 0.326 e. The van der Waals surface area contributed by atoms with E-state index in [0.717, 1.165) is 19.3 Å². The SMILES string of the molecule is CC[C@@H](NC(=O)c1ccc2c(c1)CCC2)C(=O)O. The first-order valence-electron chi connectivity index (χ1n) is 6.27. The number of carboxylic acid groups (broad SMARTS) is 1. The summed E-state index contributed by atoms with van der Waals surface area (Å²) in [4.78, 5) is 22.8. The van der Waals surface area contributed by atoms with Crippen LogP contribution < -0.4 is 5.32 Å². The topological polar surface area (TPSA) is 66.4 Å². The lowest BCUT2D eigenvalue weighted by atomic mass is 10.1. The molecule has 1 aliphatic rings. The van der Waals surface area contributed by atoms with Gasteiger partial charge in [0.15, 0.2) is 0 Å². The summed E-state index contributed by atoms with van der Waals surface area (Å²) in [5, 5.41) is 11.4. The maximum atomic E-state index is 11.9. The second kappa shape index (κ2) is 5.21. The Morgan fingerprint density at radius 3 is 2.72 bits per heavy atom. The largest absolute Gasteiger partial charge is 0.480 e. The summed E-state index contributed by atoms with van der Waals surface area (Å²) in [6.07, 6.45) is 3.59. The molecule has 4 heteroatoms. The first-order chi connectivity index (χ1) is 8.61. The van der Waals surface area contributed by atoms with E-state index in [1.54, 1.807) is 13.0 Å². The summed E-state index contributed by atoms with van der Waals surface area (Å²) >= 11 is 0. The molecule has 0 saturated heterocycles. The second-order valence-electron chi connectivity index (χ2n) is 4.61. The van der Waals surface area contributed by atoms with Gasteiger partial charge < -0.3 is 10.4 Å². The van der Waals surface area contributed by atoms with Crippen molar-refractivity contribution >= 4 is 11.9 Å². The zero-order valence-electron chi connectivity index (χ0n) is 10.4. The van der Waals surface area contributed by atoms with Crippen molar-refractivity contribution in [3.63, 3.8) is 0 Å². The van der Waals surface area contributed by atoms with E-state index in [-0.39, 0.29) is 5.91 Å². The molecule has 0 saturated carbocycles. The molecule has 0 heterocycles. The van der Waals surface area contributed by atoms with Gasteiger partial charge in [0.2, 0.25) is 0 Å². The molecular formula is C14H17NO3. The fourth-order valence-corrected chi connectivity index (χ4v) is 2.29. The van der Waals surface area contributed by atoms with Crippen molar-refractivity contribution in [2.75, 3.05) is 0 Å². The maximum absolute atomic E-state index is 11.9.